The van der Waals surface area contributed by atoms with Crippen molar-refractivity contribution >= 4 is 11.6 Å². The summed E-state index contributed by atoms with van der Waals surface area (Å²) in [5, 5.41) is 12.4. The van der Waals surface area contributed by atoms with Crippen LogP contribution in [0.25, 0.3) is 0 Å². The van der Waals surface area contributed by atoms with Gasteiger partial charge in [-0.05, 0) is 30.7 Å². The van der Waals surface area contributed by atoms with E-state index in [9.17, 15) is 0 Å². The van der Waals surface area contributed by atoms with Crippen molar-refractivity contribution in [3.63, 3.8) is 0 Å². The summed E-state index contributed by atoms with van der Waals surface area (Å²) < 4.78 is 5.06. The Morgan fingerprint density at radius 2 is 2.27 bits per heavy atom. The van der Waals surface area contributed by atoms with Crippen LogP contribution in [-0.4, -0.2) is 25.4 Å². The van der Waals surface area contributed by atoms with Crippen LogP contribution in [0.4, 0.5) is 0 Å². The lowest BCUT2D eigenvalue weighted by Gasteiger charge is -2.07. The van der Waals surface area contributed by atoms with Gasteiger partial charge in [-0.2, -0.15) is 0 Å². The molecule has 0 atom stereocenters. The Balaban J connectivity index is 2.45. The van der Waals surface area contributed by atoms with Gasteiger partial charge in [-0.1, -0.05) is 17.7 Å². The second-order valence-electron chi connectivity index (χ2n) is 3.22. The zero-order valence-electron chi connectivity index (χ0n) is 8.79. The molecule has 1 aromatic rings. The van der Waals surface area contributed by atoms with Gasteiger partial charge < -0.3 is 15.2 Å². The second-order valence-corrected chi connectivity index (χ2v) is 3.63. The van der Waals surface area contributed by atoms with E-state index in [1.165, 1.54) is 0 Å². The molecule has 0 unspecified atom stereocenters. The molecular formula is C11H16ClNO2. The van der Waals surface area contributed by atoms with Crippen LogP contribution in [0, 0.1) is 0 Å². The predicted octanol–water partition coefficient (Wildman–Crippen LogP) is 1.82. The number of ether oxygens (including phenoxy) is 1. The molecule has 0 spiro atoms. The number of benzene rings is 1. The lowest BCUT2D eigenvalue weighted by molar-refractivity contribution is 0.286. The first kappa shape index (κ1) is 12.3. The minimum Gasteiger partial charge on any atom is -0.495 e. The van der Waals surface area contributed by atoms with Gasteiger partial charge in [0.15, 0.2) is 0 Å². The summed E-state index contributed by atoms with van der Waals surface area (Å²) in [6, 6.07) is 5.70. The molecule has 0 aliphatic rings. The Labute approximate surface area is 95.0 Å². The Hall–Kier alpha value is -0.770. The van der Waals surface area contributed by atoms with Crippen LogP contribution in [0.15, 0.2) is 18.2 Å². The van der Waals surface area contributed by atoms with Crippen molar-refractivity contribution in [2.75, 3.05) is 20.3 Å². The molecule has 0 heterocycles. The van der Waals surface area contributed by atoms with Crippen molar-refractivity contribution in [2.24, 2.45) is 0 Å². The molecule has 0 aliphatic heterocycles. The van der Waals surface area contributed by atoms with Crippen LogP contribution < -0.4 is 10.1 Å². The molecule has 4 heteroatoms. The Morgan fingerprint density at radius 3 is 2.87 bits per heavy atom. The van der Waals surface area contributed by atoms with Crippen LogP contribution >= 0.6 is 11.6 Å². The number of aliphatic hydroxyl groups is 1. The highest BCUT2D eigenvalue weighted by Gasteiger charge is 2.00. The van der Waals surface area contributed by atoms with Gasteiger partial charge in [-0.3, -0.25) is 0 Å². The number of hydrogen-bond acceptors (Lipinski definition) is 3. The Bertz CT molecular complexity index is 305. The van der Waals surface area contributed by atoms with Crippen molar-refractivity contribution in [3.05, 3.63) is 28.8 Å². The van der Waals surface area contributed by atoms with E-state index in [1.54, 1.807) is 7.11 Å². The number of rotatable bonds is 6. The minimum absolute atomic E-state index is 0.219. The average Bonchev–Trinajstić information content (AvgIpc) is 2.25. The standard InChI is InChI=1S/C11H16ClNO2/c1-15-11-4-3-9(7-10(11)12)8-13-5-2-6-14/h3-4,7,13-14H,2,5-6,8H2,1H3. The Kier molecular flexibility index (Phi) is 5.47. The highest BCUT2D eigenvalue weighted by molar-refractivity contribution is 6.32. The fourth-order valence-electron chi connectivity index (χ4n) is 1.26. The van der Waals surface area contributed by atoms with Crippen LogP contribution in [0.3, 0.4) is 0 Å². The van der Waals surface area contributed by atoms with E-state index in [0.717, 1.165) is 25.1 Å². The lowest BCUT2D eigenvalue weighted by atomic mass is 10.2. The normalized spacial score (nSPS) is 10.3. The molecule has 84 valence electrons. The summed E-state index contributed by atoms with van der Waals surface area (Å²) in [5.41, 5.74) is 1.11. The molecule has 1 rings (SSSR count). The number of methoxy groups -OCH3 is 1. The van der Waals surface area contributed by atoms with Crippen molar-refractivity contribution in [2.45, 2.75) is 13.0 Å². The number of hydrogen-bond donors (Lipinski definition) is 2. The third kappa shape index (κ3) is 4.08. The van der Waals surface area contributed by atoms with Gasteiger partial charge in [0.05, 0.1) is 12.1 Å². The van der Waals surface area contributed by atoms with Crippen molar-refractivity contribution in [3.8, 4) is 5.75 Å². The average molecular weight is 230 g/mol. The smallest absolute Gasteiger partial charge is 0.137 e. The first-order chi connectivity index (χ1) is 7.27. The van der Waals surface area contributed by atoms with Gasteiger partial charge in [0, 0.05) is 13.2 Å². The quantitative estimate of drug-likeness (QED) is 0.732. The summed E-state index contributed by atoms with van der Waals surface area (Å²) in [7, 11) is 1.60. The van der Waals surface area contributed by atoms with E-state index in [-0.39, 0.29) is 6.61 Å². The maximum Gasteiger partial charge on any atom is 0.137 e. The SMILES string of the molecule is COc1ccc(CNCCCO)cc1Cl. The molecule has 0 aromatic heterocycles. The molecule has 0 fully saturated rings. The maximum absolute atomic E-state index is 8.60. The molecule has 0 radical (unpaired) electrons. The van der Waals surface area contributed by atoms with Gasteiger partial charge in [-0.25, -0.2) is 0 Å². The van der Waals surface area contributed by atoms with Gasteiger partial charge >= 0.3 is 0 Å². The summed E-state index contributed by atoms with van der Waals surface area (Å²) in [5.74, 6) is 0.691. The number of aliphatic hydroxyl groups excluding tert-OH is 1. The lowest BCUT2D eigenvalue weighted by Crippen LogP contribution is -2.15. The zero-order valence-corrected chi connectivity index (χ0v) is 9.55. The fraction of sp³-hybridized carbons (Fsp3) is 0.455. The van der Waals surface area contributed by atoms with Gasteiger partial charge in [0.25, 0.3) is 0 Å². The summed E-state index contributed by atoms with van der Waals surface area (Å²) in [6.45, 7) is 1.78. The molecule has 0 amide bonds. The topological polar surface area (TPSA) is 41.5 Å². The second kappa shape index (κ2) is 6.67. The van der Waals surface area contributed by atoms with Crippen LogP contribution in [0.2, 0.25) is 5.02 Å². The molecule has 0 saturated carbocycles. The van der Waals surface area contributed by atoms with E-state index in [2.05, 4.69) is 5.32 Å². The van der Waals surface area contributed by atoms with E-state index in [0.29, 0.717) is 10.8 Å². The summed E-state index contributed by atoms with van der Waals surface area (Å²) >= 11 is 5.98. The van der Waals surface area contributed by atoms with Gasteiger partial charge in [0.1, 0.15) is 5.75 Å². The third-order valence-corrected chi connectivity index (χ3v) is 2.35. The molecule has 2 N–H and O–H groups in total. The van der Waals surface area contributed by atoms with Crippen LogP contribution in [0.5, 0.6) is 5.75 Å². The number of nitrogens with one attached hydrogen (secondary N) is 1. The van der Waals surface area contributed by atoms with Gasteiger partial charge in [-0.15, -0.1) is 0 Å². The molecule has 0 aliphatic carbocycles. The van der Waals surface area contributed by atoms with Crippen molar-refractivity contribution in [1.29, 1.82) is 0 Å². The van der Waals surface area contributed by atoms with E-state index < -0.39 is 0 Å². The van der Waals surface area contributed by atoms with E-state index in [4.69, 9.17) is 21.4 Å². The van der Waals surface area contributed by atoms with Crippen LogP contribution in [0.1, 0.15) is 12.0 Å². The molecule has 3 nitrogen and oxygen atoms in total. The molecule has 0 bridgehead atoms. The fourth-order valence-corrected chi connectivity index (χ4v) is 1.54. The maximum atomic E-state index is 8.60. The first-order valence-corrected chi connectivity index (χ1v) is 5.29. The monoisotopic (exact) mass is 229 g/mol. The minimum atomic E-state index is 0.219. The molecule has 15 heavy (non-hydrogen) atoms. The number of halogens is 1. The predicted molar refractivity (Wildman–Crippen MR) is 61.4 cm³/mol. The first-order valence-electron chi connectivity index (χ1n) is 4.92. The van der Waals surface area contributed by atoms with Crippen molar-refractivity contribution in [1.82, 2.24) is 5.32 Å². The van der Waals surface area contributed by atoms with Crippen molar-refractivity contribution < 1.29 is 9.84 Å². The molecule has 1 aromatic carbocycles. The van der Waals surface area contributed by atoms with E-state index in [1.807, 2.05) is 18.2 Å². The van der Waals surface area contributed by atoms with Crippen LogP contribution in [-0.2, 0) is 6.54 Å². The highest BCUT2D eigenvalue weighted by Crippen LogP contribution is 2.24. The highest BCUT2D eigenvalue weighted by atomic mass is 35.5. The summed E-state index contributed by atoms with van der Waals surface area (Å²) in [6.07, 6.45) is 0.768. The van der Waals surface area contributed by atoms with E-state index >= 15 is 0 Å². The zero-order chi connectivity index (χ0) is 11.1. The summed E-state index contributed by atoms with van der Waals surface area (Å²) in [4.78, 5) is 0. The molecule has 0 saturated heterocycles. The third-order valence-electron chi connectivity index (χ3n) is 2.06. The molecular weight excluding hydrogens is 214 g/mol. The largest absolute Gasteiger partial charge is 0.495 e. The Morgan fingerprint density at radius 1 is 1.47 bits per heavy atom. The van der Waals surface area contributed by atoms with Gasteiger partial charge in [0.2, 0.25) is 0 Å².